The van der Waals surface area contributed by atoms with Crippen LogP contribution in [0, 0.1) is 13.8 Å². The van der Waals surface area contributed by atoms with Crippen molar-refractivity contribution in [2.24, 2.45) is 0 Å². The third-order valence-electron chi connectivity index (χ3n) is 6.62. The maximum Gasteiger partial charge on any atom is 0.419 e. The second-order valence-corrected chi connectivity index (χ2v) is 9.15. The second-order valence-electron chi connectivity index (χ2n) is 9.15. The number of halogens is 3. The van der Waals surface area contributed by atoms with Gasteiger partial charge < -0.3 is 20.1 Å². The van der Waals surface area contributed by atoms with Gasteiger partial charge in [-0.3, -0.25) is 4.79 Å². The molecule has 1 saturated heterocycles. The van der Waals surface area contributed by atoms with Gasteiger partial charge in [0.05, 0.1) is 29.9 Å². The summed E-state index contributed by atoms with van der Waals surface area (Å²) in [6.45, 7) is 5.43. The van der Waals surface area contributed by atoms with Gasteiger partial charge in [0.2, 0.25) is 0 Å². The van der Waals surface area contributed by atoms with E-state index in [-0.39, 0.29) is 28.9 Å². The lowest BCUT2D eigenvalue weighted by atomic mass is 9.99. The number of piperidine rings is 1. The molecule has 0 spiro atoms. The Labute approximate surface area is 212 Å². The first-order valence-electron chi connectivity index (χ1n) is 12.0. The Bertz CT molecular complexity index is 1320. The Balaban J connectivity index is 1.77. The molecule has 1 amide bonds. The lowest BCUT2D eigenvalue weighted by Crippen LogP contribution is -2.87. The van der Waals surface area contributed by atoms with Crippen LogP contribution in [0.5, 0.6) is 11.5 Å². The first-order valence-corrected chi connectivity index (χ1v) is 12.0. The summed E-state index contributed by atoms with van der Waals surface area (Å²) in [7, 11) is 0. The van der Waals surface area contributed by atoms with E-state index in [1.54, 1.807) is 12.1 Å². The number of para-hydroxylation sites is 1. The summed E-state index contributed by atoms with van der Waals surface area (Å²) in [5, 5.41) is 12.2. The van der Waals surface area contributed by atoms with E-state index >= 15 is 0 Å². The Morgan fingerprint density at radius 2 is 1.68 bits per heavy atom. The first kappa shape index (κ1) is 26.2. The fraction of sp³-hybridized carbons (Fsp3) is 0.286. The average molecular weight is 514 g/mol. The van der Waals surface area contributed by atoms with Crippen LogP contribution >= 0.6 is 0 Å². The molecule has 0 saturated carbocycles. The topological polar surface area (TPSA) is 83.5 Å². The Hall–Kier alpha value is -3.85. The van der Waals surface area contributed by atoms with Crippen LogP contribution in [0.3, 0.4) is 0 Å². The molecule has 9 heteroatoms. The van der Waals surface area contributed by atoms with Crippen LogP contribution < -0.4 is 15.0 Å². The number of carboxylic acids is 1. The molecule has 3 aromatic rings. The van der Waals surface area contributed by atoms with E-state index < -0.39 is 23.5 Å². The number of nitrogens with zero attached hydrogens (tertiary/aromatic N) is 1. The molecule has 0 aliphatic carbocycles. The molecule has 3 aromatic carbocycles. The van der Waals surface area contributed by atoms with Crippen LogP contribution in [0.4, 0.5) is 18.9 Å². The van der Waals surface area contributed by atoms with Gasteiger partial charge >= 0.3 is 12.1 Å². The van der Waals surface area contributed by atoms with E-state index in [4.69, 9.17) is 4.74 Å². The number of benzene rings is 3. The number of amides is 1. The zero-order chi connectivity index (χ0) is 26.7. The minimum Gasteiger partial charge on any atom is -0.478 e. The number of rotatable bonds is 6. The molecule has 0 aromatic heterocycles. The molecule has 4 rings (SSSR count). The number of alkyl halides is 3. The minimum absolute atomic E-state index is 0.0755. The number of nitrogens with two attached hydrogens (primary N) is 1. The monoisotopic (exact) mass is 513 g/mol. The van der Waals surface area contributed by atoms with Crippen LogP contribution in [-0.2, 0) is 6.18 Å². The van der Waals surface area contributed by atoms with Crippen molar-refractivity contribution in [1.29, 1.82) is 0 Å². The lowest BCUT2D eigenvalue weighted by molar-refractivity contribution is -0.662. The van der Waals surface area contributed by atoms with Gasteiger partial charge in [0, 0.05) is 24.4 Å². The Morgan fingerprint density at radius 3 is 2.32 bits per heavy atom. The summed E-state index contributed by atoms with van der Waals surface area (Å²) in [5.41, 5.74) is 1.39. The molecular formula is C28H28F3N2O4+. The molecule has 1 aliphatic heterocycles. The van der Waals surface area contributed by atoms with Crippen LogP contribution in [0.2, 0.25) is 0 Å². The van der Waals surface area contributed by atoms with Crippen molar-refractivity contribution in [3.05, 3.63) is 88.5 Å². The maximum absolute atomic E-state index is 13.8. The summed E-state index contributed by atoms with van der Waals surface area (Å²) in [6.07, 6.45) is -3.29. The number of carbonyl (C=O) groups is 2. The number of anilines is 1. The van der Waals surface area contributed by atoms with Crippen LogP contribution in [-0.4, -0.2) is 36.1 Å². The summed E-state index contributed by atoms with van der Waals surface area (Å²) in [4.78, 5) is 27.6. The van der Waals surface area contributed by atoms with E-state index in [0.29, 0.717) is 18.4 Å². The lowest BCUT2D eigenvalue weighted by Gasteiger charge is -2.34. The van der Waals surface area contributed by atoms with Crippen molar-refractivity contribution >= 4 is 17.6 Å². The van der Waals surface area contributed by atoms with Crippen molar-refractivity contribution < 1.29 is 37.9 Å². The number of hydrogen-bond acceptors (Lipinski definition) is 3. The van der Waals surface area contributed by atoms with E-state index in [9.17, 15) is 27.9 Å². The normalized spacial score (nSPS) is 14.3. The van der Waals surface area contributed by atoms with E-state index in [0.717, 1.165) is 30.3 Å². The van der Waals surface area contributed by atoms with E-state index in [1.165, 1.54) is 41.3 Å². The van der Waals surface area contributed by atoms with Gasteiger partial charge in [0.25, 0.3) is 5.91 Å². The minimum atomic E-state index is -4.64. The molecule has 1 aliphatic rings. The highest BCUT2D eigenvalue weighted by Gasteiger charge is 2.35. The van der Waals surface area contributed by atoms with Crippen LogP contribution in [0.1, 0.15) is 50.2 Å². The highest BCUT2D eigenvalue weighted by molar-refractivity contribution is 6.10. The summed E-state index contributed by atoms with van der Waals surface area (Å²) >= 11 is 0. The smallest absolute Gasteiger partial charge is 0.419 e. The van der Waals surface area contributed by atoms with Gasteiger partial charge in [-0.15, -0.1) is 0 Å². The highest BCUT2D eigenvalue weighted by atomic mass is 19.4. The fourth-order valence-electron chi connectivity index (χ4n) is 4.53. The number of aryl methyl sites for hydroxylation is 2. The molecule has 3 N–H and O–H groups in total. The van der Waals surface area contributed by atoms with Crippen molar-refractivity contribution in [1.82, 2.24) is 0 Å². The number of carbonyl (C=O) groups excluding carboxylic acids is 1. The van der Waals surface area contributed by atoms with Gasteiger partial charge in [0.1, 0.15) is 11.5 Å². The van der Waals surface area contributed by atoms with Gasteiger partial charge in [-0.25, -0.2) is 4.79 Å². The highest BCUT2D eigenvalue weighted by Crippen LogP contribution is 2.39. The Kier molecular flexibility index (Phi) is 7.54. The van der Waals surface area contributed by atoms with Crippen molar-refractivity contribution in [2.75, 3.05) is 18.0 Å². The van der Waals surface area contributed by atoms with Crippen LogP contribution in [0.25, 0.3) is 0 Å². The number of quaternary nitrogens is 1. The average Bonchev–Trinajstić information content (AvgIpc) is 2.86. The Morgan fingerprint density at radius 1 is 0.973 bits per heavy atom. The van der Waals surface area contributed by atoms with Gasteiger partial charge in [-0.2, -0.15) is 13.2 Å². The standard InChI is InChI=1S/C28H27F3N2O4/c1-17-7-8-19(15-18(17)2)26(34)33(20-11-13-32-14-12-20)24-10-9-21(16-22(24)27(35)36)37-25-6-4-3-5-23(25)28(29,30)31/h3-10,15-16,20,32H,11-14H2,1-2H3,(H,35,36)/p+1. The second kappa shape index (κ2) is 10.6. The molecule has 37 heavy (non-hydrogen) atoms. The fourth-order valence-corrected chi connectivity index (χ4v) is 4.53. The van der Waals surface area contributed by atoms with Crippen LogP contribution in [0.15, 0.2) is 60.7 Å². The number of hydrogen-bond donors (Lipinski definition) is 2. The molecule has 6 nitrogen and oxygen atoms in total. The van der Waals surface area contributed by atoms with Crippen molar-refractivity contribution in [2.45, 2.75) is 38.9 Å². The number of aromatic carboxylic acids is 1. The van der Waals surface area contributed by atoms with E-state index in [1.807, 2.05) is 19.9 Å². The predicted molar refractivity (Wildman–Crippen MR) is 132 cm³/mol. The SMILES string of the molecule is Cc1ccc(C(=O)N(c2ccc(Oc3ccccc3C(F)(F)F)cc2C(=O)O)C2CC[NH2+]CC2)cc1C. The molecule has 1 fully saturated rings. The number of carboxylic acid groups (broad SMARTS) is 1. The number of ether oxygens (including phenoxy) is 1. The quantitative estimate of drug-likeness (QED) is 0.476. The molecule has 0 bridgehead atoms. The predicted octanol–water partition coefficient (Wildman–Crippen LogP) is 5.19. The zero-order valence-electron chi connectivity index (χ0n) is 20.5. The molecule has 194 valence electrons. The van der Waals surface area contributed by atoms with Gasteiger partial charge in [-0.05, 0) is 67.4 Å². The van der Waals surface area contributed by atoms with Crippen molar-refractivity contribution in [3.8, 4) is 11.5 Å². The molecular weight excluding hydrogens is 485 g/mol. The molecule has 0 unspecified atom stereocenters. The third kappa shape index (κ3) is 5.77. The summed E-state index contributed by atoms with van der Waals surface area (Å²) < 4.78 is 45.7. The van der Waals surface area contributed by atoms with Crippen molar-refractivity contribution in [3.63, 3.8) is 0 Å². The zero-order valence-corrected chi connectivity index (χ0v) is 20.5. The largest absolute Gasteiger partial charge is 0.478 e. The maximum atomic E-state index is 13.8. The molecule has 0 radical (unpaired) electrons. The first-order chi connectivity index (χ1) is 17.6. The molecule has 1 heterocycles. The van der Waals surface area contributed by atoms with Gasteiger partial charge in [-0.1, -0.05) is 18.2 Å². The summed E-state index contributed by atoms with van der Waals surface area (Å²) in [6, 6.07) is 13.8. The molecule has 0 atom stereocenters. The van der Waals surface area contributed by atoms with Gasteiger partial charge in [0.15, 0.2) is 0 Å². The summed E-state index contributed by atoms with van der Waals surface area (Å²) in [5.74, 6) is -2.16. The van der Waals surface area contributed by atoms with E-state index in [2.05, 4.69) is 5.32 Å². The third-order valence-corrected chi connectivity index (χ3v) is 6.62.